The van der Waals surface area contributed by atoms with E-state index in [2.05, 4.69) is 4.98 Å². The maximum atomic E-state index is 5.80. The van der Waals surface area contributed by atoms with E-state index in [1.54, 1.807) is 18.3 Å². The molecule has 1 fully saturated rings. The third kappa shape index (κ3) is 1.87. The van der Waals surface area contributed by atoms with Crippen LogP contribution in [0.4, 0.5) is 0 Å². The van der Waals surface area contributed by atoms with Crippen LogP contribution in [0, 0.1) is 0 Å². The van der Waals surface area contributed by atoms with E-state index in [4.69, 9.17) is 21.1 Å². The van der Waals surface area contributed by atoms with Crippen molar-refractivity contribution in [1.82, 2.24) is 4.98 Å². The molecule has 4 heteroatoms. The summed E-state index contributed by atoms with van der Waals surface area (Å²) in [6.07, 6.45) is 1.89. The van der Waals surface area contributed by atoms with Gasteiger partial charge in [0, 0.05) is 6.20 Å². The van der Waals surface area contributed by atoms with Crippen molar-refractivity contribution >= 4 is 11.6 Å². The van der Waals surface area contributed by atoms with Gasteiger partial charge in [-0.15, -0.1) is 0 Å². The summed E-state index contributed by atoms with van der Waals surface area (Å²) in [5, 5.41) is 0.540. The van der Waals surface area contributed by atoms with Crippen molar-refractivity contribution in [2.75, 3.05) is 13.2 Å². The average molecular weight is 186 g/mol. The topological polar surface area (TPSA) is 34.6 Å². The van der Waals surface area contributed by atoms with Gasteiger partial charge in [0.2, 0.25) is 5.88 Å². The summed E-state index contributed by atoms with van der Waals surface area (Å²) in [4.78, 5) is 3.97. The van der Waals surface area contributed by atoms with E-state index in [1.165, 1.54) is 0 Å². The summed E-state index contributed by atoms with van der Waals surface area (Å²) < 4.78 is 10.3. The van der Waals surface area contributed by atoms with E-state index in [0.717, 1.165) is 6.61 Å². The van der Waals surface area contributed by atoms with E-state index in [-0.39, 0.29) is 6.10 Å². The summed E-state index contributed by atoms with van der Waals surface area (Å²) in [5.41, 5.74) is 0. The van der Waals surface area contributed by atoms with Crippen molar-refractivity contribution in [2.45, 2.75) is 6.10 Å². The highest BCUT2D eigenvalue weighted by Crippen LogP contribution is 2.21. The maximum Gasteiger partial charge on any atom is 0.232 e. The van der Waals surface area contributed by atoms with Crippen molar-refractivity contribution in [2.24, 2.45) is 0 Å². The fourth-order valence-corrected chi connectivity index (χ4v) is 0.990. The molecule has 0 aliphatic carbocycles. The third-order valence-electron chi connectivity index (χ3n) is 1.53. The second kappa shape index (κ2) is 3.29. The zero-order valence-corrected chi connectivity index (χ0v) is 7.12. The lowest BCUT2D eigenvalue weighted by molar-refractivity contribution is 0.255. The van der Waals surface area contributed by atoms with Gasteiger partial charge in [-0.1, -0.05) is 11.6 Å². The zero-order valence-electron chi connectivity index (χ0n) is 6.37. The first-order valence-electron chi connectivity index (χ1n) is 3.71. The van der Waals surface area contributed by atoms with Crippen molar-refractivity contribution in [3.63, 3.8) is 0 Å². The second-order valence-electron chi connectivity index (χ2n) is 2.56. The SMILES string of the molecule is Clc1cccnc1OCC1CO1. The normalized spacial score (nSPS) is 20.6. The number of aromatic nitrogens is 1. The van der Waals surface area contributed by atoms with Crippen LogP contribution in [0.2, 0.25) is 5.02 Å². The van der Waals surface area contributed by atoms with Gasteiger partial charge in [0.1, 0.15) is 17.7 Å². The van der Waals surface area contributed by atoms with Gasteiger partial charge in [-0.05, 0) is 12.1 Å². The van der Waals surface area contributed by atoms with E-state index >= 15 is 0 Å². The van der Waals surface area contributed by atoms with Gasteiger partial charge >= 0.3 is 0 Å². The van der Waals surface area contributed by atoms with E-state index in [0.29, 0.717) is 17.5 Å². The molecule has 0 saturated carbocycles. The highest BCUT2D eigenvalue weighted by Gasteiger charge is 2.23. The third-order valence-corrected chi connectivity index (χ3v) is 1.82. The molecule has 64 valence electrons. The van der Waals surface area contributed by atoms with Crippen LogP contribution in [0.25, 0.3) is 0 Å². The highest BCUT2D eigenvalue weighted by molar-refractivity contribution is 6.31. The molecule has 2 heterocycles. The molecule has 3 nitrogen and oxygen atoms in total. The summed E-state index contributed by atoms with van der Waals surface area (Å²) in [5.74, 6) is 0.481. The number of pyridine rings is 1. The molecule has 0 radical (unpaired) electrons. The predicted molar refractivity (Wildman–Crippen MR) is 44.5 cm³/mol. The molecule has 0 amide bonds. The lowest BCUT2D eigenvalue weighted by Crippen LogP contribution is -2.05. The minimum Gasteiger partial charge on any atom is -0.474 e. The summed E-state index contributed by atoms with van der Waals surface area (Å²) in [6, 6.07) is 3.51. The molecule has 1 aliphatic rings. The minimum atomic E-state index is 0.239. The lowest BCUT2D eigenvalue weighted by Gasteiger charge is -2.03. The largest absolute Gasteiger partial charge is 0.474 e. The highest BCUT2D eigenvalue weighted by atomic mass is 35.5. The monoisotopic (exact) mass is 185 g/mol. The number of epoxide rings is 1. The number of nitrogens with zero attached hydrogens (tertiary/aromatic N) is 1. The number of hydrogen-bond acceptors (Lipinski definition) is 3. The summed E-state index contributed by atoms with van der Waals surface area (Å²) in [7, 11) is 0. The Morgan fingerprint density at radius 3 is 3.25 bits per heavy atom. The van der Waals surface area contributed by atoms with Crippen molar-refractivity contribution in [3.05, 3.63) is 23.4 Å². The van der Waals surface area contributed by atoms with E-state index in [9.17, 15) is 0 Å². The average Bonchev–Trinajstić information content (AvgIpc) is 2.86. The van der Waals surface area contributed by atoms with Crippen molar-refractivity contribution < 1.29 is 9.47 Å². The Morgan fingerprint density at radius 2 is 2.58 bits per heavy atom. The molecule has 1 atom stereocenters. The van der Waals surface area contributed by atoms with Crippen LogP contribution in [0.3, 0.4) is 0 Å². The molecule has 0 spiro atoms. The molecule has 2 rings (SSSR count). The van der Waals surface area contributed by atoms with Crippen LogP contribution in [-0.2, 0) is 4.74 Å². The van der Waals surface area contributed by atoms with Crippen LogP contribution >= 0.6 is 11.6 Å². The van der Waals surface area contributed by atoms with Gasteiger partial charge < -0.3 is 9.47 Å². The molecule has 1 aromatic rings. The Balaban J connectivity index is 1.96. The van der Waals surface area contributed by atoms with Gasteiger partial charge in [0.05, 0.1) is 6.61 Å². The molecule has 1 saturated heterocycles. The minimum absolute atomic E-state index is 0.239. The molecular weight excluding hydrogens is 178 g/mol. The molecule has 0 aromatic carbocycles. The van der Waals surface area contributed by atoms with Gasteiger partial charge in [-0.25, -0.2) is 4.98 Å². The molecule has 1 unspecified atom stereocenters. The molecule has 0 bridgehead atoms. The first-order chi connectivity index (χ1) is 5.86. The second-order valence-corrected chi connectivity index (χ2v) is 2.96. The molecular formula is C8H8ClNO2. The van der Waals surface area contributed by atoms with Gasteiger partial charge in [0.15, 0.2) is 0 Å². The fourth-order valence-electron chi connectivity index (χ4n) is 0.814. The van der Waals surface area contributed by atoms with Gasteiger partial charge in [-0.3, -0.25) is 0 Å². The quantitative estimate of drug-likeness (QED) is 0.670. The van der Waals surface area contributed by atoms with Gasteiger partial charge in [0.25, 0.3) is 0 Å². The Kier molecular flexibility index (Phi) is 2.15. The number of halogens is 1. The van der Waals surface area contributed by atoms with Crippen LogP contribution in [-0.4, -0.2) is 24.3 Å². The number of hydrogen-bond donors (Lipinski definition) is 0. The zero-order chi connectivity index (χ0) is 8.39. The standard InChI is InChI=1S/C8H8ClNO2/c9-7-2-1-3-10-8(7)12-5-6-4-11-6/h1-3,6H,4-5H2. The maximum absolute atomic E-state index is 5.80. The van der Waals surface area contributed by atoms with E-state index in [1.807, 2.05) is 0 Å². The van der Waals surface area contributed by atoms with Crippen LogP contribution in [0.15, 0.2) is 18.3 Å². The Labute approximate surface area is 75.3 Å². The number of ether oxygens (including phenoxy) is 2. The van der Waals surface area contributed by atoms with Crippen LogP contribution < -0.4 is 4.74 Å². The van der Waals surface area contributed by atoms with Crippen LogP contribution in [0.5, 0.6) is 5.88 Å². The van der Waals surface area contributed by atoms with E-state index < -0.39 is 0 Å². The number of rotatable bonds is 3. The first kappa shape index (κ1) is 7.83. The van der Waals surface area contributed by atoms with Crippen molar-refractivity contribution in [1.29, 1.82) is 0 Å². The fraction of sp³-hybridized carbons (Fsp3) is 0.375. The predicted octanol–water partition coefficient (Wildman–Crippen LogP) is 1.51. The summed E-state index contributed by atoms with van der Waals surface area (Å²) in [6.45, 7) is 1.32. The summed E-state index contributed by atoms with van der Waals surface area (Å²) >= 11 is 5.80. The molecule has 0 N–H and O–H groups in total. The molecule has 12 heavy (non-hydrogen) atoms. The first-order valence-corrected chi connectivity index (χ1v) is 4.09. The Morgan fingerprint density at radius 1 is 1.75 bits per heavy atom. The smallest absolute Gasteiger partial charge is 0.232 e. The Bertz CT molecular complexity index is 276. The molecule has 1 aromatic heterocycles. The van der Waals surface area contributed by atoms with Crippen LogP contribution in [0.1, 0.15) is 0 Å². The van der Waals surface area contributed by atoms with Gasteiger partial charge in [-0.2, -0.15) is 0 Å². The van der Waals surface area contributed by atoms with Crippen molar-refractivity contribution in [3.8, 4) is 5.88 Å². The lowest BCUT2D eigenvalue weighted by atomic mass is 10.5. The molecule has 1 aliphatic heterocycles. The Hall–Kier alpha value is -0.800.